The Labute approximate surface area is 441 Å². The number of hydrazine groups is 1. The van der Waals surface area contributed by atoms with E-state index in [1.54, 1.807) is 38.1 Å². The van der Waals surface area contributed by atoms with Gasteiger partial charge in [0.2, 0.25) is 11.8 Å². The van der Waals surface area contributed by atoms with Gasteiger partial charge in [0.25, 0.3) is 11.8 Å². The van der Waals surface area contributed by atoms with E-state index in [0.29, 0.717) is 30.9 Å². The molecule has 1 aromatic heterocycles. The molecule has 4 heterocycles. The summed E-state index contributed by atoms with van der Waals surface area (Å²) in [5, 5.41) is 44.2. The van der Waals surface area contributed by atoms with E-state index in [-0.39, 0.29) is 36.9 Å². The second kappa shape index (κ2) is 24.7. The number of hydrogen-bond donors (Lipinski definition) is 7. The Hall–Kier alpha value is -6.11. The summed E-state index contributed by atoms with van der Waals surface area (Å²) in [7, 11) is 9.22. The summed E-state index contributed by atoms with van der Waals surface area (Å²) in [6, 6.07) is 11.9. The third-order valence-corrected chi connectivity index (χ3v) is 14.7. The molecule has 5 amide bonds. The molecule has 3 aromatic rings. The fourth-order valence-corrected chi connectivity index (χ4v) is 9.77. The molecule has 23 heteroatoms. The minimum Gasteiger partial charge on any atom is -0.495 e. The van der Waals surface area contributed by atoms with Crippen LogP contribution in [0.4, 0.5) is 10.5 Å². The number of hydrogen-bond acceptors (Lipinski definition) is 16. The zero-order valence-corrected chi connectivity index (χ0v) is 44.8. The van der Waals surface area contributed by atoms with Crippen molar-refractivity contribution in [3.05, 3.63) is 82.5 Å². The van der Waals surface area contributed by atoms with Gasteiger partial charge in [-0.3, -0.25) is 29.9 Å². The fraction of sp³-hybridized carbons (Fsp3) is 0.538. The van der Waals surface area contributed by atoms with Crippen LogP contribution >= 0.6 is 11.6 Å². The Morgan fingerprint density at radius 2 is 1.76 bits per heavy atom. The number of ether oxygens (including phenoxy) is 5. The zero-order chi connectivity index (χ0) is 55.1. The number of nitrogens with zero attached hydrogens (tertiary/aromatic N) is 4. The van der Waals surface area contributed by atoms with Gasteiger partial charge in [-0.15, -0.1) is 0 Å². The standard InChI is InChI=1S/C52H71ClN8O14/c1-29-14-13-17-39(72-10)52(70)27-38(73-50(69)57-52)30(2)46-51(4,75-46)40(26-42(63)60(8)36-23-32(22-29)24-37(71-9)43(36)53)74-49(68)31(3)59(7)48(67)45(65)44(64)47(66)56-20-19-55-41(62)18-21-61-34(28-58(6)54-5)25-33-15-11-12-16-35(33)61/h11-17,23-25,30-31,38-40,44-46,54,64-65,70H,18-22,26-28H2,1-10H3,(H,55,62)(H,56,66)(H,57,69)/b17-13+,29-14+/t30-,31+,38+,39-,40+,44-,45+,46+,51-,52+/m1/s1. The number of nitrogens with one attached hydrogen (secondary N) is 4. The molecular formula is C52H71ClN8O14. The molecule has 0 aliphatic carbocycles. The lowest BCUT2D eigenvalue weighted by Crippen LogP contribution is -2.63. The number of aryl methyl sites for hydroxylation is 1. The van der Waals surface area contributed by atoms with Crippen LogP contribution in [0.15, 0.2) is 66.3 Å². The summed E-state index contributed by atoms with van der Waals surface area (Å²) >= 11 is 6.80. The van der Waals surface area contributed by atoms with Crippen LogP contribution in [-0.2, 0) is 62.4 Å². The van der Waals surface area contributed by atoms with Crippen LogP contribution in [0.3, 0.4) is 0 Å². The third kappa shape index (κ3) is 13.5. The number of rotatable bonds is 17. The highest BCUT2D eigenvalue weighted by molar-refractivity contribution is 6.35. The molecule has 22 nitrogen and oxygen atoms in total. The van der Waals surface area contributed by atoms with Crippen molar-refractivity contribution in [3.8, 4) is 5.75 Å². The first-order chi connectivity index (χ1) is 35.5. The summed E-state index contributed by atoms with van der Waals surface area (Å²) in [5.41, 5.74) is 3.63. The second-order valence-electron chi connectivity index (χ2n) is 19.6. The molecule has 2 saturated heterocycles. The number of epoxide rings is 1. The fourth-order valence-electron chi connectivity index (χ4n) is 9.46. The Bertz CT molecular complexity index is 2660. The SMILES string of the molecule is CNN(C)Cc1cc2ccccc2n1CCC(=O)NCCNC(=O)[C@H](O)[C@H](O)C(=O)N(C)[C@@H](C)C(=O)O[C@H]1CC(=O)N(C)c2cc(cc(OC)c2Cl)C/C(C)=C/C=C/[C@@H](OC)[C@@]2(O)C[C@H](OC(=O)N2)[C@@H](C)[C@@H]2O[C@]12C. The first kappa shape index (κ1) is 58.2. The van der Waals surface area contributed by atoms with Gasteiger partial charge in [-0.25, -0.2) is 14.6 Å². The number of aromatic nitrogens is 1. The van der Waals surface area contributed by atoms with Crippen molar-refractivity contribution >= 4 is 63.9 Å². The number of carbonyl (C=O) groups excluding carboxylic acids is 6. The number of fused-ring (bicyclic) bond motifs is 6. The maximum atomic E-state index is 14.4. The van der Waals surface area contributed by atoms with E-state index in [9.17, 15) is 44.1 Å². The van der Waals surface area contributed by atoms with Crippen molar-refractivity contribution in [1.29, 1.82) is 0 Å². The van der Waals surface area contributed by atoms with Crippen LogP contribution in [0.25, 0.3) is 10.9 Å². The Balaban J connectivity index is 1.12. The van der Waals surface area contributed by atoms with Gasteiger partial charge >= 0.3 is 12.1 Å². The lowest BCUT2D eigenvalue weighted by molar-refractivity contribution is -0.166. The number of alkyl carbamates (subject to hydrolysis) is 1. The number of likely N-dealkylation sites (N-methyl/N-ethyl adjacent to an activating group) is 1. The number of methoxy groups -OCH3 is 2. The first-order valence-corrected chi connectivity index (χ1v) is 25.1. The summed E-state index contributed by atoms with van der Waals surface area (Å²) in [5.74, 6) is -4.58. The number of amides is 5. The van der Waals surface area contributed by atoms with E-state index in [4.69, 9.17) is 35.3 Å². The first-order valence-electron chi connectivity index (χ1n) is 24.7. The van der Waals surface area contributed by atoms with Crippen molar-refractivity contribution in [2.24, 2.45) is 5.92 Å². The van der Waals surface area contributed by atoms with Gasteiger partial charge < -0.3 is 64.0 Å². The van der Waals surface area contributed by atoms with E-state index in [0.717, 1.165) is 39.7 Å². The largest absolute Gasteiger partial charge is 0.495 e. The topological polar surface area (TPSA) is 275 Å². The third-order valence-electron chi connectivity index (χ3n) is 14.3. The van der Waals surface area contributed by atoms with Crippen molar-refractivity contribution in [2.75, 3.05) is 60.4 Å². The van der Waals surface area contributed by atoms with Crippen LogP contribution in [0.5, 0.6) is 5.75 Å². The number of benzene rings is 2. The van der Waals surface area contributed by atoms with E-state index in [1.165, 1.54) is 33.1 Å². The molecule has 7 N–H and O–H groups in total. The monoisotopic (exact) mass is 1070 g/mol. The van der Waals surface area contributed by atoms with Crippen molar-refractivity contribution in [3.63, 3.8) is 0 Å². The predicted molar refractivity (Wildman–Crippen MR) is 276 cm³/mol. The van der Waals surface area contributed by atoms with E-state index in [2.05, 4.69) is 32.0 Å². The molecule has 4 bridgehead atoms. The minimum absolute atomic E-state index is 0.0182. The number of aliphatic hydroxyl groups excluding tert-OH is 2. The molecule has 2 fully saturated rings. The minimum atomic E-state index is -2.33. The number of para-hydroxylation sites is 1. The van der Waals surface area contributed by atoms with Crippen LogP contribution in [0.1, 0.15) is 58.2 Å². The lowest BCUT2D eigenvalue weighted by Gasteiger charge is -2.42. The van der Waals surface area contributed by atoms with E-state index >= 15 is 0 Å². The summed E-state index contributed by atoms with van der Waals surface area (Å²) in [6.45, 7) is 7.33. The smallest absolute Gasteiger partial charge is 0.409 e. The second-order valence-corrected chi connectivity index (χ2v) is 19.9. The molecule has 6 rings (SSSR count). The Morgan fingerprint density at radius 3 is 2.45 bits per heavy atom. The number of halogens is 1. The highest BCUT2D eigenvalue weighted by Gasteiger charge is 2.64. The molecule has 10 atom stereocenters. The molecular weight excluding hydrogens is 996 g/mol. The lowest BCUT2D eigenvalue weighted by atomic mass is 9.83. The van der Waals surface area contributed by atoms with Crippen LogP contribution in [0, 0.1) is 5.92 Å². The average Bonchev–Trinajstić information content (AvgIpc) is 3.96. The van der Waals surface area contributed by atoms with Gasteiger partial charge in [-0.2, -0.15) is 0 Å². The van der Waals surface area contributed by atoms with Gasteiger partial charge in [-0.05, 0) is 69.5 Å². The normalized spacial score (nSPS) is 26.4. The highest BCUT2D eigenvalue weighted by atomic mass is 35.5. The Kier molecular flexibility index (Phi) is 19.2. The molecule has 3 aliphatic rings. The van der Waals surface area contributed by atoms with Gasteiger partial charge in [0, 0.05) is 77.9 Å². The molecule has 2 aromatic carbocycles. The molecule has 3 aliphatic heterocycles. The van der Waals surface area contributed by atoms with Crippen molar-refractivity contribution in [2.45, 2.75) is 120 Å². The van der Waals surface area contributed by atoms with Crippen LogP contribution in [0.2, 0.25) is 5.02 Å². The maximum Gasteiger partial charge on any atom is 0.409 e. The molecule has 0 spiro atoms. The van der Waals surface area contributed by atoms with Crippen LogP contribution in [-0.4, -0.2) is 175 Å². The van der Waals surface area contributed by atoms with Crippen molar-refractivity contribution in [1.82, 2.24) is 35.9 Å². The summed E-state index contributed by atoms with van der Waals surface area (Å²) in [6.07, 6.45) is -4.64. The number of esters is 1. The number of carbonyl (C=O) groups is 6. The van der Waals surface area contributed by atoms with Gasteiger partial charge in [0.15, 0.2) is 17.9 Å². The predicted octanol–water partition coefficient (Wildman–Crippen LogP) is 2.08. The highest BCUT2D eigenvalue weighted by Crippen LogP contribution is 2.49. The molecule has 0 radical (unpaired) electrons. The molecule has 410 valence electrons. The molecule has 75 heavy (non-hydrogen) atoms. The van der Waals surface area contributed by atoms with Crippen molar-refractivity contribution < 1.29 is 67.8 Å². The molecule has 0 saturated carbocycles. The summed E-state index contributed by atoms with van der Waals surface area (Å²) in [4.78, 5) is 82.9. The van der Waals surface area contributed by atoms with E-state index in [1.807, 2.05) is 56.4 Å². The number of allylic oxidation sites excluding steroid dienone is 3. The number of aliphatic hydroxyl groups is 3. The molecule has 0 unspecified atom stereocenters. The summed E-state index contributed by atoms with van der Waals surface area (Å²) < 4.78 is 31.3. The van der Waals surface area contributed by atoms with Crippen LogP contribution < -0.4 is 31.0 Å². The van der Waals surface area contributed by atoms with Gasteiger partial charge in [0.1, 0.15) is 40.7 Å². The van der Waals surface area contributed by atoms with E-state index < -0.39 is 96.1 Å². The Morgan fingerprint density at radius 1 is 1.05 bits per heavy atom. The average molecular weight is 1070 g/mol. The zero-order valence-electron chi connectivity index (χ0n) is 44.0. The maximum absolute atomic E-state index is 14.4. The number of anilines is 1. The van der Waals surface area contributed by atoms with Gasteiger partial charge in [0.05, 0.1) is 31.9 Å². The van der Waals surface area contributed by atoms with Gasteiger partial charge in [-0.1, -0.05) is 60.5 Å². The quantitative estimate of drug-likeness (QED) is 0.0441.